The van der Waals surface area contributed by atoms with Gasteiger partial charge in [0.15, 0.2) is 0 Å². The van der Waals surface area contributed by atoms with Crippen molar-refractivity contribution in [2.24, 2.45) is 5.92 Å². The van der Waals surface area contributed by atoms with E-state index in [0.717, 1.165) is 6.54 Å². The molecule has 0 rings (SSSR count). The maximum absolute atomic E-state index is 10.9. The van der Waals surface area contributed by atoms with E-state index in [4.69, 9.17) is 9.47 Å². The Morgan fingerprint density at radius 1 is 1.54 bits per heavy atom. The SMILES string of the molecule is CCOC(=O)CNCC(C)COC. The van der Waals surface area contributed by atoms with Crippen molar-refractivity contribution < 1.29 is 14.3 Å². The smallest absolute Gasteiger partial charge is 0.319 e. The highest BCUT2D eigenvalue weighted by atomic mass is 16.5. The Balaban J connectivity index is 3.28. The van der Waals surface area contributed by atoms with Gasteiger partial charge in [-0.05, 0) is 12.8 Å². The van der Waals surface area contributed by atoms with Gasteiger partial charge in [-0.15, -0.1) is 0 Å². The first-order valence-corrected chi connectivity index (χ1v) is 4.56. The van der Waals surface area contributed by atoms with Crippen LogP contribution in [0.1, 0.15) is 13.8 Å². The fraction of sp³-hybridized carbons (Fsp3) is 0.889. The first-order valence-electron chi connectivity index (χ1n) is 4.56. The molecule has 4 heteroatoms. The third-order valence-corrected chi connectivity index (χ3v) is 1.52. The van der Waals surface area contributed by atoms with Crippen LogP contribution in [0, 0.1) is 5.92 Å². The number of hydrogen-bond acceptors (Lipinski definition) is 4. The average molecular weight is 189 g/mol. The van der Waals surface area contributed by atoms with E-state index >= 15 is 0 Å². The molecule has 0 aliphatic heterocycles. The molecule has 0 fully saturated rings. The minimum absolute atomic E-state index is 0.202. The van der Waals surface area contributed by atoms with Crippen LogP contribution >= 0.6 is 0 Å². The lowest BCUT2D eigenvalue weighted by molar-refractivity contribution is -0.142. The van der Waals surface area contributed by atoms with Crippen molar-refractivity contribution in [3.8, 4) is 0 Å². The summed E-state index contributed by atoms with van der Waals surface area (Å²) in [5.74, 6) is 0.214. The van der Waals surface area contributed by atoms with Crippen LogP contribution < -0.4 is 5.32 Å². The van der Waals surface area contributed by atoms with Crippen molar-refractivity contribution in [3.05, 3.63) is 0 Å². The molecule has 0 spiro atoms. The summed E-state index contributed by atoms with van der Waals surface area (Å²) >= 11 is 0. The van der Waals surface area contributed by atoms with E-state index in [-0.39, 0.29) is 12.5 Å². The van der Waals surface area contributed by atoms with Gasteiger partial charge in [-0.2, -0.15) is 0 Å². The van der Waals surface area contributed by atoms with Crippen LogP contribution in [-0.4, -0.2) is 39.4 Å². The van der Waals surface area contributed by atoms with Gasteiger partial charge in [0.25, 0.3) is 0 Å². The molecule has 0 bridgehead atoms. The summed E-state index contributed by atoms with van der Waals surface area (Å²) in [7, 11) is 1.67. The van der Waals surface area contributed by atoms with Crippen LogP contribution in [0.25, 0.3) is 0 Å². The van der Waals surface area contributed by atoms with Crippen molar-refractivity contribution >= 4 is 5.97 Å². The van der Waals surface area contributed by atoms with Gasteiger partial charge in [-0.3, -0.25) is 4.79 Å². The zero-order valence-corrected chi connectivity index (χ0v) is 8.63. The van der Waals surface area contributed by atoms with Crippen molar-refractivity contribution in [1.82, 2.24) is 5.32 Å². The lowest BCUT2D eigenvalue weighted by Gasteiger charge is -2.10. The molecule has 0 aliphatic rings. The zero-order chi connectivity index (χ0) is 10.1. The molecule has 0 aromatic heterocycles. The van der Waals surface area contributed by atoms with E-state index in [1.807, 2.05) is 0 Å². The molecule has 0 aromatic rings. The minimum atomic E-state index is -0.202. The minimum Gasteiger partial charge on any atom is -0.465 e. The number of methoxy groups -OCH3 is 1. The molecular weight excluding hydrogens is 170 g/mol. The van der Waals surface area contributed by atoms with Gasteiger partial charge in [0.05, 0.1) is 13.2 Å². The fourth-order valence-corrected chi connectivity index (χ4v) is 0.976. The second kappa shape index (κ2) is 8.01. The Morgan fingerprint density at radius 2 is 2.23 bits per heavy atom. The Hall–Kier alpha value is -0.610. The van der Waals surface area contributed by atoms with Crippen molar-refractivity contribution in [1.29, 1.82) is 0 Å². The van der Waals surface area contributed by atoms with E-state index < -0.39 is 0 Å². The molecule has 1 atom stereocenters. The molecule has 0 amide bonds. The van der Waals surface area contributed by atoms with Crippen LogP contribution in [0.3, 0.4) is 0 Å². The highest BCUT2D eigenvalue weighted by molar-refractivity contribution is 5.71. The monoisotopic (exact) mass is 189 g/mol. The first kappa shape index (κ1) is 12.4. The largest absolute Gasteiger partial charge is 0.465 e. The third-order valence-electron chi connectivity index (χ3n) is 1.52. The van der Waals surface area contributed by atoms with Crippen LogP contribution in [-0.2, 0) is 14.3 Å². The third kappa shape index (κ3) is 7.74. The molecule has 0 heterocycles. The topological polar surface area (TPSA) is 47.6 Å². The molecule has 0 aromatic carbocycles. The number of rotatable bonds is 7. The van der Waals surface area contributed by atoms with E-state index in [1.165, 1.54) is 0 Å². The maximum atomic E-state index is 10.9. The predicted octanol–water partition coefficient (Wildman–Crippen LogP) is 0.422. The summed E-state index contributed by atoms with van der Waals surface area (Å²) in [6.07, 6.45) is 0. The Bertz CT molecular complexity index is 139. The molecule has 0 saturated carbocycles. The van der Waals surface area contributed by atoms with Gasteiger partial charge >= 0.3 is 5.97 Å². The number of esters is 1. The van der Waals surface area contributed by atoms with Gasteiger partial charge < -0.3 is 14.8 Å². The van der Waals surface area contributed by atoms with Crippen molar-refractivity contribution in [2.75, 3.05) is 33.4 Å². The number of ether oxygens (including phenoxy) is 2. The Morgan fingerprint density at radius 3 is 2.77 bits per heavy atom. The summed E-state index contributed by atoms with van der Waals surface area (Å²) in [6, 6.07) is 0. The second-order valence-electron chi connectivity index (χ2n) is 3.00. The molecule has 13 heavy (non-hydrogen) atoms. The average Bonchev–Trinajstić information content (AvgIpc) is 2.05. The van der Waals surface area contributed by atoms with Gasteiger partial charge in [-0.1, -0.05) is 6.92 Å². The number of carbonyl (C=O) groups excluding carboxylic acids is 1. The summed E-state index contributed by atoms with van der Waals surface area (Å²) in [6.45, 7) is 6.05. The van der Waals surface area contributed by atoms with Gasteiger partial charge in [0.1, 0.15) is 0 Å². The lowest BCUT2D eigenvalue weighted by Crippen LogP contribution is -2.30. The zero-order valence-electron chi connectivity index (χ0n) is 8.63. The van der Waals surface area contributed by atoms with E-state index in [1.54, 1.807) is 14.0 Å². The number of hydrogen-bond donors (Lipinski definition) is 1. The second-order valence-corrected chi connectivity index (χ2v) is 3.00. The summed E-state index contributed by atoms with van der Waals surface area (Å²) < 4.78 is 9.70. The standard InChI is InChI=1S/C9H19NO3/c1-4-13-9(11)6-10-5-8(2)7-12-3/h8,10H,4-7H2,1-3H3. The predicted molar refractivity (Wildman–Crippen MR) is 50.5 cm³/mol. The van der Waals surface area contributed by atoms with Crippen LogP contribution in [0.15, 0.2) is 0 Å². The maximum Gasteiger partial charge on any atom is 0.319 e. The molecule has 0 radical (unpaired) electrons. The summed E-state index contributed by atoms with van der Waals surface area (Å²) in [5.41, 5.74) is 0. The Labute approximate surface area is 79.6 Å². The summed E-state index contributed by atoms with van der Waals surface area (Å²) in [4.78, 5) is 10.9. The molecule has 0 aliphatic carbocycles. The van der Waals surface area contributed by atoms with Crippen molar-refractivity contribution in [3.63, 3.8) is 0 Å². The first-order chi connectivity index (χ1) is 6.20. The lowest BCUT2D eigenvalue weighted by atomic mass is 10.2. The van der Waals surface area contributed by atoms with E-state index in [9.17, 15) is 4.79 Å². The summed E-state index contributed by atoms with van der Waals surface area (Å²) in [5, 5.41) is 3.00. The fourth-order valence-electron chi connectivity index (χ4n) is 0.976. The van der Waals surface area contributed by atoms with Crippen LogP contribution in [0.4, 0.5) is 0 Å². The number of carbonyl (C=O) groups is 1. The molecule has 1 N–H and O–H groups in total. The molecule has 1 unspecified atom stereocenters. The van der Waals surface area contributed by atoms with E-state index in [2.05, 4.69) is 12.2 Å². The molecule has 0 saturated heterocycles. The molecule has 4 nitrogen and oxygen atoms in total. The van der Waals surface area contributed by atoms with E-state index in [0.29, 0.717) is 19.1 Å². The normalized spacial score (nSPS) is 12.5. The van der Waals surface area contributed by atoms with Crippen LogP contribution in [0.5, 0.6) is 0 Å². The van der Waals surface area contributed by atoms with Gasteiger partial charge in [0.2, 0.25) is 0 Å². The quantitative estimate of drug-likeness (QED) is 0.590. The Kier molecular flexibility index (Phi) is 7.63. The highest BCUT2D eigenvalue weighted by Gasteiger charge is 2.03. The van der Waals surface area contributed by atoms with Gasteiger partial charge in [0, 0.05) is 20.3 Å². The molecular formula is C9H19NO3. The van der Waals surface area contributed by atoms with Crippen LogP contribution in [0.2, 0.25) is 0 Å². The molecule has 78 valence electrons. The highest BCUT2D eigenvalue weighted by Crippen LogP contribution is 1.91. The number of nitrogens with one attached hydrogen (secondary N) is 1. The van der Waals surface area contributed by atoms with Crippen molar-refractivity contribution in [2.45, 2.75) is 13.8 Å². The van der Waals surface area contributed by atoms with Gasteiger partial charge in [-0.25, -0.2) is 0 Å².